The predicted molar refractivity (Wildman–Crippen MR) is 117 cm³/mol. The number of pyridine rings is 1. The first-order chi connectivity index (χ1) is 15.0. The van der Waals surface area contributed by atoms with E-state index >= 15 is 0 Å². The van der Waals surface area contributed by atoms with Crippen molar-refractivity contribution in [3.8, 4) is 0 Å². The SMILES string of the molecule is Cc1cc2ncnn2cc1Nc1ncc2c(n1)N(C1CCOCC1)CC(=O)N2C(C)C. The fourth-order valence-electron chi connectivity index (χ4n) is 4.31. The highest BCUT2D eigenvalue weighted by Crippen LogP contribution is 2.36. The summed E-state index contributed by atoms with van der Waals surface area (Å²) >= 11 is 0. The average molecular weight is 422 g/mol. The minimum absolute atomic E-state index is 0.0301. The molecule has 10 heteroatoms. The van der Waals surface area contributed by atoms with Crippen LogP contribution in [0.1, 0.15) is 32.3 Å². The second-order valence-corrected chi connectivity index (χ2v) is 8.29. The molecule has 0 spiro atoms. The van der Waals surface area contributed by atoms with Gasteiger partial charge in [0.15, 0.2) is 11.5 Å². The summed E-state index contributed by atoms with van der Waals surface area (Å²) in [5.74, 6) is 1.35. The largest absolute Gasteiger partial charge is 0.381 e. The molecule has 0 radical (unpaired) electrons. The summed E-state index contributed by atoms with van der Waals surface area (Å²) in [6.45, 7) is 7.74. The van der Waals surface area contributed by atoms with Crippen molar-refractivity contribution in [2.75, 3.05) is 34.9 Å². The molecule has 1 fully saturated rings. The standard InChI is InChI=1S/C21H26N8O2/c1-13(2)29-17-9-22-21(25-16-10-28-18(8-14(16)3)23-12-24-28)26-20(17)27(11-19(29)30)15-4-6-31-7-5-15/h8-10,12-13,15H,4-7,11H2,1-3H3,(H,22,25,26). The zero-order valence-electron chi connectivity index (χ0n) is 17.9. The molecule has 1 amide bonds. The van der Waals surface area contributed by atoms with Gasteiger partial charge < -0.3 is 19.9 Å². The topological polar surface area (TPSA) is 101 Å². The maximum absolute atomic E-state index is 12.9. The molecule has 0 aliphatic carbocycles. The van der Waals surface area contributed by atoms with Crippen LogP contribution in [0.15, 0.2) is 24.8 Å². The van der Waals surface area contributed by atoms with E-state index in [0.29, 0.717) is 25.7 Å². The summed E-state index contributed by atoms with van der Waals surface area (Å²) in [6, 6.07) is 2.21. The number of hydrogen-bond donors (Lipinski definition) is 1. The smallest absolute Gasteiger partial charge is 0.246 e. The summed E-state index contributed by atoms with van der Waals surface area (Å²) in [5.41, 5.74) is 3.41. The number of anilines is 4. The summed E-state index contributed by atoms with van der Waals surface area (Å²) in [7, 11) is 0. The van der Waals surface area contributed by atoms with Crippen LogP contribution in [0.3, 0.4) is 0 Å². The third-order valence-electron chi connectivity index (χ3n) is 5.87. The van der Waals surface area contributed by atoms with Crippen LogP contribution in [0.4, 0.5) is 23.1 Å². The van der Waals surface area contributed by atoms with Crippen molar-refractivity contribution in [3.63, 3.8) is 0 Å². The van der Waals surface area contributed by atoms with Gasteiger partial charge >= 0.3 is 0 Å². The molecule has 162 valence electrons. The van der Waals surface area contributed by atoms with Crippen LogP contribution in [0, 0.1) is 6.92 Å². The highest BCUT2D eigenvalue weighted by Gasteiger charge is 2.36. The van der Waals surface area contributed by atoms with Gasteiger partial charge in [0.1, 0.15) is 12.0 Å². The molecule has 2 aliphatic rings. The maximum atomic E-state index is 12.9. The number of rotatable bonds is 4. The lowest BCUT2D eigenvalue weighted by atomic mass is 10.0. The molecule has 5 heterocycles. The molecule has 0 atom stereocenters. The van der Waals surface area contributed by atoms with Gasteiger partial charge in [0.25, 0.3) is 0 Å². The monoisotopic (exact) mass is 422 g/mol. The zero-order valence-corrected chi connectivity index (χ0v) is 17.9. The van der Waals surface area contributed by atoms with Crippen LogP contribution in [0.2, 0.25) is 0 Å². The van der Waals surface area contributed by atoms with E-state index in [2.05, 4.69) is 25.3 Å². The minimum atomic E-state index is 0.0301. The van der Waals surface area contributed by atoms with E-state index in [0.717, 1.165) is 41.2 Å². The third-order valence-corrected chi connectivity index (χ3v) is 5.87. The number of ether oxygens (including phenoxy) is 1. The zero-order chi connectivity index (χ0) is 21.5. The molecule has 1 N–H and O–H groups in total. The lowest BCUT2D eigenvalue weighted by Gasteiger charge is -2.42. The second-order valence-electron chi connectivity index (χ2n) is 8.29. The molecule has 0 aromatic carbocycles. The molecule has 0 unspecified atom stereocenters. The normalized spacial score (nSPS) is 17.5. The van der Waals surface area contributed by atoms with E-state index in [1.54, 1.807) is 15.6 Å². The lowest BCUT2D eigenvalue weighted by molar-refractivity contribution is -0.118. The molecule has 31 heavy (non-hydrogen) atoms. The Balaban J connectivity index is 1.53. The van der Waals surface area contributed by atoms with Crippen molar-refractivity contribution in [2.45, 2.75) is 45.7 Å². The van der Waals surface area contributed by atoms with Gasteiger partial charge in [-0.05, 0) is 45.2 Å². The second kappa shape index (κ2) is 7.77. The van der Waals surface area contributed by atoms with Crippen molar-refractivity contribution < 1.29 is 9.53 Å². The molecule has 2 aliphatic heterocycles. The maximum Gasteiger partial charge on any atom is 0.246 e. The Morgan fingerprint density at radius 3 is 2.81 bits per heavy atom. The van der Waals surface area contributed by atoms with Crippen LogP contribution in [-0.2, 0) is 9.53 Å². The molecule has 0 saturated carbocycles. The molecule has 1 saturated heterocycles. The number of carbonyl (C=O) groups is 1. The number of nitrogens with zero attached hydrogens (tertiary/aromatic N) is 7. The molecular weight excluding hydrogens is 396 g/mol. The molecule has 3 aromatic heterocycles. The van der Waals surface area contributed by atoms with Gasteiger partial charge in [0.05, 0.1) is 24.6 Å². The average Bonchev–Trinajstić information content (AvgIpc) is 3.21. The van der Waals surface area contributed by atoms with Gasteiger partial charge in [-0.1, -0.05) is 0 Å². The van der Waals surface area contributed by atoms with E-state index in [1.165, 1.54) is 6.33 Å². The van der Waals surface area contributed by atoms with Gasteiger partial charge in [-0.3, -0.25) is 4.79 Å². The Hall–Kier alpha value is -3.27. The Morgan fingerprint density at radius 1 is 1.23 bits per heavy atom. The van der Waals surface area contributed by atoms with E-state index in [9.17, 15) is 4.79 Å². The van der Waals surface area contributed by atoms with Gasteiger partial charge in [-0.25, -0.2) is 14.5 Å². The van der Waals surface area contributed by atoms with Crippen LogP contribution in [0.25, 0.3) is 5.65 Å². The first-order valence-electron chi connectivity index (χ1n) is 10.6. The lowest BCUT2D eigenvalue weighted by Crippen LogP contribution is -2.53. The third kappa shape index (κ3) is 3.56. The molecular formula is C21H26N8O2. The fraction of sp³-hybridized carbons (Fsp3) is 0.476. The molecule has 0 bridgehead atoms. The Bertz CT molecular complexity index is 1120. The quantitative estimate of drug-likeness (QED) is 0.684. The Morgan fingerprint density at radius 2 is 2.03 bits per heavy atom. The summed E-state index contributed by atoms with van der Waals surface area (Å²) in [5, 5.41) is 7.52. The number of aryl methyl sites for hydroxylation is 1. The van der Waals surface area contributed by atoms with Crippen LogP contribution < -0.4 is 15.1 Å². The first-order valence-corrected chi connectivity index (χ1v) is 10.6. The van der Waals surface area contributed by atoms with E-state index < -0.39 is 0 Å². The Labute approximate surface area is 180 Å². The summed E-state index contributed by atoms with van der Waals surface area (Å²) < 4.78 is 7.24. The number of carbonyl (C=O) groups excluding carboxylic acids is 1. The van der Waals surface area contributed by atoms with Crippen molar-refractivity contribution in [1.29, 1.82) is 0 Å². The van der Waals surface area contributed by atoms with Crippen molar-refractivity contribution in [1.82, 2.24) is 24.6 Å². The fourth-order valence-corrected chi connectivity index (χ4v) is 4.31. The van der Waals surface area contributed by atoms with Gasteiger partial charge in [0, 0.05) is 25.3 Å². The van der Waals surface area contributed by atoms with E-state index in [1.807, 2.05) is 33.0 Å². The van der Waals surface area contributed by atoms with Crippen molar-refractivity contribution in [2.24, 2.45) is 0 Å². The van der Waals surface area contributed by atoms with Crippen LogP contribution >= 0.6 is 0 Å². The number of amides is 1. The number of hydrogen-bond acceptors (Lipinski definition) is 8. The molecule has 3 aromatic rings. The first kappa shape index (κ1) is 19.7. The minimum Gasteiger partial charge on any atom is -0.381 e. The molecule has 10 nitrogen and oxygen atoms in total. The predicted octanol–water partition coefficient (Wildman–Crippen LogP) is 2.31. The number of nitrogens with one attached hydrogen (secondary N) is 1. The van der Waals surface area contributed by atoms with Crippen LogP contribution in [-0.4, -0.2) is 62.3 Å². The van der Waals surface area contributed by atoms with Gasteiger partial charge in [-0.15, -0.1) is 0 Å². The van der Waals surface area contributed by atoms with Gasteiger partial charge in [-0.2, -0.15) is 10.1 Å². The van der Waals surface area contributed by atoms with E-state index in [-0.39, 0.29) is 18.0 Å². The number of fused-ring (bicyclic) bond motifs is 2. The van der Waals surface area contributed by atoms with E-state index in [4.69, 9.17) is 9.72 Å². The van der Waals surface area contributed by atoms with Crippen molar-refractivity contribution in [3.05, 3.63) is 30.4 Å². The highest BCUT2D eigenvalue weighted by molar-refractivity contribution is 6.02. The summed E-state index contributed by atoms with van der Waals surface area (Å²) in [6.07, 6.45) is 6.90. The molecule has 5 rings (SSSR count). The number of aromatic nitrogens is 5. The van der Waals surface area contributed by atoms with Crippen molar-refractivity contribution >= 4 is 34.7 Å². The highest BCUT2D eigenvalue weighted by atomic mass is 16.5. The van der Waals surface area contributed by atoms with Crippen LogP contribution in [0.5, 0.6) is 0 Å². The Kier molecular flexibility index (Phi) is 4.93. The summed E-state index contributed by atoms with van der Waals surface area (Å²) in [4.78, 5) is 30.5. The van der Waals surface area contributed by atoms with Gasteiger partial charge in [0.2, 0.25) is 11.9 Å².